The smallest absolute Gasteiger partial charge is 0.332 e. The monoisotopic (exact) mass is 322 g/mol. The maximum atomic E-state index is 12.5. The minimum absolute atomic E-state index is 0.0142. The predicted octanol–water partition coefficient (Wildman–Crippen LogP) is 1.87. The Balaban J connectivity index is 1.95. The van der Waals surface area contributed by atoms with E-state index in [1.165, 1.54) is 0 Å². The van der Waals surface area contributed by atoms with E-state index in [-0.39, 0.29) is 23.3 Å². The Kier molecular flexibility index (Phi) is 4.89. The zero-order valence-corrected chi connectivity index (χ0v) is 11.8. The van der Waals surface area contributed by atoms with Gasteiger partial charge in [-0.05, 0) is 6.07 Å². The van der Waals surface area contributed by atoms with Crippen molar-refractivity contribution in [3.8, 4) is 0 Å². The fourth-order valence-corrected chi connectivity index (χ4v) is 2.12. The molecule has 0 atom stereocenters. The Morgan fingerprint density at radius 2 is 2.10 bits per heavy atom. The van der Waals surface area contributed by atoms with E-state index in [0.29, 0.717) is 32.4 Å². The zero-order chi connectivity index (χ0) is 15.5. The fraction of sp³-hybridized carbons (Fsp3) is 0.500. The number of hydrogen-bond acceptors (Lipinski definition) is 3. The van der Waals surface area contributed by atoms with E-state index in [9.17, 15) is 18.0 Å². The molecule has 9 heteroatoms. The van der Waals surface area contributed by atoms with Gasteiger partial charge in [-0.15, -0.1) is 0 Å². The first-order chi connectivity index (χ1) is 9.88. The topological polar surface area (TPSA) is 57.3 Å². The van der Waals surface area contributed by atoms with E-state index in [0.717, 1.165) is 6.07 Å². The quantitative estimate of drug-likeness (QED) is 0.874. The van der Waals surface area contributed by atoms with E-state index in [1.54, 1.807) is 4.90 Å². The number of urea groups is 1. The summed E-state index contributed by atoms with van der Waals surface area (Å²) in [4.78, 5) is 17.1. The van der Waals surface area contributed by atoms with E-state index in [1.807, 2.05) is 0 Å². The van der Waals surface area contributed by atoms with Crippen LogP contribution in [0, 0.1) is 0 Å². The zero-order valence-electron chi connectivity index (χ0n) is 11.0. The molecule has 0 aromatic carbocycles. The van der Waals surface area contributed by atoms with Crippen LogP contribution in [0.15, 0.2) is 12.3 Å². The highest BCUT2D eigenvalue weighted by molar-refractivity contribution is 6.31. The average Bonchev–Trinajstić information content (AvgIpc) is 2.45. The molecule has 0 aliphatic carbocycles. The minimum Gasteiger partial charge on any atom is -0.332 e. The standard InChI is InChI=1S/C12H14ClF3N4O/c13-9-5-8(12(14,15)16)6-18-10(9)7-19-11(21)20-3-1-17-2-4-20/h5-6,17H,1-4,7H2,(H,19,21). The molecule has 0 saturated carbocycles. The third kappa shape index (κ3) is 4.21. The average molecular weight is 323 g/mol. The third-order valence-corrected chi connectivity index (χ3v) is 3.38. The summed E-state index contributed by atoms with van der Waals surface area (Å²) in [5, 5.41) is 5.59. The molecular weight excluding hydrogens is 309 g/mol. The molecule has 2 heterocycles. The summed E-state index contributed by atoms with van der Waals surface area (Å²) in [5.74, 6) is 0. The van der Waals surface area contributed by atoms with Crippen LogP contribution in [0.25, 0.3) is 0 Å². The van der Waals surface area contributed by atoms with Crippen molar-refractivity contribution in [3.05, 3.63) is 28.5 Å². The number of alkyl halides is 3. The molecule has 2 amide bonds. The summed E-state index contributed by atoms with van der Waals surface area (Å²) in [7, 11) is 0. The number of nitrogens with one attached hydrogen (secondary N) is 2. The summed E-state index contributed by atoms with van der Waals surface area (Å²) in [6.45, 7) is 2.58. The molecule has 0 radical (unpaired) electrons. The highest BCUT2D eigenvalue weighted by atomic mass is 35.5. The molecule has 2 rings (SSSR count). The maximum absolute atomic E-state index is 12.5. The normalized spacial score (nSPS) is 15.9. The molecule has 1 saturated heterocycles. The van der Waals surface area contributed by atoms with Crippen LogP contribution in [0.4, 0.5) is 18.0 Å². The van der Waals surface area contributed by atoms with E-state index in [2.05, 4.69) is 15.6 Å². The molecule has 1 aromatic rings. The van der Waals surface area contributed by atoms with Crippen LogP contribution in [0.2, 0.25) is 5.02 Å². The predicted molar refractivity (Wildman–Crippen MR) is 70.9 cm³/mol. The van der Waals surface area contributed by atoms with Crippen molar-refractivity contribution in [1.82, 2.24) is 20.5 Å². The van der Waals surface area contributed by atoms with E-state index in [4.69, 9.17) is 11.6 Å². The van der Waals surface area contributed by atoms with Crippen molar-refractivity contribution in [2.45, 2.75) is 12.7 Å². The van der Waals surface area contributed by atoms with Gasteiger partial charge >= 0.3 is 12.2 Å². The number of amides is 2. The first-order valence-electron chi connectivity index (χ1n) is 6.33. The van der Waals surface area contributed by atoms with Gasteiger partial charge in [0.2, 0.25) is 0 Å². The molecular formula is C12H14ClF3N4O. The minimum atomic E-state index is -4.49. The summed E-state index contributed by atoms with van der Waals surface area (Å²) >= 11 is 5.77. The summed E-state index contributed by atoms with van der Waals surface area (Å²) in [6.07, 6.45) is -3.78. The van der Waals surface area contributed by atoms with Crippen LogP contribution in [0.5, 0.6) is 0 Å². The van der Waals surface area contributed by atoms with Crippen LogP contribution in [-0.2, 0) is 12.7 Å². The molecule has 1 aliphatic rings. The van der Waals surface area contributed by atoms with E-state index >= 15 is 0 Å². The van der Waals surface area contributed by atoms with Gasteiger partial charge in [0.15, 0.2) is 0 Å². The number of hydrogen-bond donors (Lipinski definition) is 2. The van der Waals surface area contributed by atoms with Crippen molar-refractivity contribution in [3.63, 3.8) is 0 Å². The van der Waals surface area contributed by atoms with Crippen molar-refractivity contribution < 1.29 is 18.0 Å². The lowest BCUT2D eigenvalue weighted by Gasteiger charge is -2.27. The highest BCUT2D eigenvalue weighted by Gasteiger charge is 2.31. The van der Waals surface area contributed by atoms with Crippen molar-refractivity contribution in [2.75, 3.05) is 26.2 Å². The van der Waals surface area contributed by atoms with E-state index < -0.39 is 11.7 Å². The number of nitrogens with zero attached hydrogens (tertiary/aromatic N) is 2. The second-order valence-corrected chi connectivity index (χ2v) is 4.95. The second-order valence-electron chi connectivity index (χ2n) is 4.55. The van der Waals surface area contributed by atoms with Gasteiger partial charge in [-0.2, -0.15) is 13.2 Å². The largest absolute Gasteiger partial charge is 0.417 e. The Bertz CT molecular complexity index is 518. The number of pyridine rings is 1. The molecule has 2 N–H and O–H groups in total. The molecule has 5 nitrogen and oxygen atoms in total. The summed E-state index contributed by atoms with van der Waals surface area (Å²) < 4.78 is 37.4. The SMILES string of the molecule is O=C(NCc1ncc(C(F)(F)F)cc1Cl)N1CCNCC1. The molecule has 0 bridgehead atoms. The summed E-state index contributed by atoms with van der Waals surface area (Å²) in [5.41, 5.74) is -0.710. The van der Waals surface area contributed by atoms with Gasteiger partial charge in [0.05, 0.1) is 22.8 Å². The van der Waals surface area contributed by atoms with Gasteiger partial charge in [0.25, 0.3) is 0 Å². The lowest BCUT2D eigenvalue weighted by molar-refractivity contribution is -0.137. The first-order valence-corrected chi connectivity index (χ1v) is 6.71. The lowest BCUT2D eigenvalue weighted by Crippen LogP contribution is -2.50. The van der Waals surface area contributed by atoms with Crippen LogP contribution >= 0.6 is 11.6 Å². The molecule has 1 aromatic heterocycles. The number of halogens is 4. The Hall–Kier alpha value is -1.54. The van der Waals surface area contributed by atoms with Gasteiger partial charge < -0.3 is 15.5 Å². The number of aromatic nitrogens is 1. The molecule has 1 fully saturated rings. The van der Waals surface area contributed by atoms with Gasteiger partial charge in [-0.3, -0.25) is 4.98 Å². The van der Waals surface area contributed by atoms with Gasteiger partial charge in [0, 0.05) is 32.4 Å². The van der Waals surface area contributed by atoms with Crippen LogP contribution in [0.3, 0.4) is 0 Å². The second kappa shape index (κ2) is 6.48. The Morgan fingerprint density at radius 3 is 2.67 bits per heavy atom. The fourth-order valence-electron chi connectivity index (χ4n) is 1.89. The molecule has 116 valence electrons. The molecule has 21 heavy (non-hydrogen) atoms. The van der Waals surface area contributed by atoms with Gasteiger partial charge in [0.1, 0.15) is 0 Å². The molecule has 1 aliphatic heterocycles. The molecule has 0 spiro atoms. The first kappa shape index (κ1) is 15.8. The number of carbonyl (C=O) groups excluding carboxylic acids is 1. The Morgan fingerprint density at radius 1 is 1.43 bits per heavy atom. The highest BCUT2D eigenvalue weighted by Crippen LogP contribution is 2.30. The lowest BCUT2D eigenvalue weighted by atomic mass is 10.2. The summed E-state index contributed by atoms with van der Waals surface area (Å²) in [6, 6.07) is 0.523. The third-order valence-electron chi connectivity index (χ3n) is 3.06. The number of rotatable bonds is 2. The molecule has 0 unspecified atom stereocenters. The van der Waals surface area contributed by atoms with Crippen LogP contribution in [-0.4, -0.2) is 42.1 Å². The Labute approximate surface area is 124 Å². The van der Waals surface area contributed by atoms with Gasteiger partial charge in [-0.25, -0.2) is 4.79 Å². The number of piperazine rings is 1. The maximum Gasteiger partial charge on any atom is 0.417 e. The van der Waals surface area contributed by atoms with Crippen LogP contribution in [0.1, 0.15) is 11.3 Å². The van der Waals surface area contributed by atoms with Gasteiger partial charge in [-0.1, -0.05) is 11.6 Å². The van der Waals surface area contributed by atoms with Crippen molar-refractivity contribution in [2.24, 2.45) is 0 Å². The van der Waals surface area contributed by atoms with Crippen molar-refractivity contribution >= 4 is 17.6 Å². The van der Waals surface area contributed by atoms with Crippen molar-refractivity contribution in [1.29, 1.82) is 0 Å². The van der Waals surface area contributed by atoms with Crippen LogP contribution < -0.4 is 10.6 Å². The number of carbonyl (C=O) groups is 1.